The van der Waals surface area contributed by atoms with Crippen LogP contribution in [0.2, 0.25) is 0 Å². The number of rotatable bonds is 10. The maximum atomic E-state index is 10.2. The first kappa shape index (κ1) is 30.0. The second-order valence-electron chi connectivity index (χ2n) is 5.74. The van der Waals surface area contributed by atoms with Gasteiger partial charge < -0.3 is 43.4 Å². The van der Waals surface area contributed by atoms with Gasteiger partial charge in [0.1, 0.15) is 18.1 Å². The molecule has 0 aromatic carbocycles. The fraction of sp³-hybridized carbons (Fsp3) is 0.667. The molecule has 0 rings (SSSR count). The van der Waals surface area contributed by atoms with Crippen molar-refractivity contribution in [1.82, 2.24) is 0 Å². The van der Waals surface area contributed by atoms with Gasteiger partial charge in [-0.1, -0.05) is 20.3 Å². The summed E-state index contributed by atoms with van der Waals surface area (Å²) >= 11 is 0. The Balaban J connectivity index is -0.000000336. The number of carbonyl (C=O) groups excluding carboxylic acids is 1. The summed E-state index contributed by atoms with van der Waals surface area (Å²) in [5, 5.41) is 32.6. The summed E-state index contributed by atoms with van der Waals surface area (Å²) < 4.78 is 0. The molecule has 0 unspecified atom stereocenters. The molecular weight excluding hydrogens is 380 g/mol. The van der Waals surface area contributed by atoms with Crippen LogP contribution in [0.1, 0.15) is 39.5 Å². The van der Waals surface area contributed by atoms with E-state index in [1.54, 1.807) is 0 Å². The highest BCUT2D eigenvalue weighted by atomic mass is 16.4. The van der Waals surface area contributed by atoms with Crippen molar-refractivity contribution in [3.05, 3.63) is 0 Å². The minimum absolute atomic E-state index is 0.0213. The average Bonchev–Trinajstić information content (AvgIpc) is 2.58. The molecule has 0 aliphatic rings. The molecular formula is C15H30N4O9. The monoisotopic (exact) mass is 410 g/mol. The highest BCUT2D eigenvalue weighted by Gasteiger charge is 2.17. The van der Waals surface area contributed by atoms with E-state index >= 15 is 0 Å². The molecule has 1 amide bonds. The van der Waals surface area contributed by atoms with Crippen molar-refractivity contribution in [1.29, 1.82) is 0 Å². The smallest absolute Gasteiger partial charge is 0.321 e. The van der Waals surface area contributed by atoms with E-state index in [9.17, 15) is 24.0 Å². The Morgan fingerprint density at radius 2 is 1.25 bits per heavy atom. The van der Waals surface area contributed by atoms with Crippen molar-refractivity contribution in [2.24, 2.45) is 28.9 Å². The van der Waals surface area contributed by atoms with Gasteiger partial charge in [-0.15, -0.1) is 0 Å². The number of carboxylic acids is 4. The summed E-state index contributed by atoms with van der Waals surface area (Å²) in [6.45, 7) is 3.76. The molecule has 28 heavy (non-hydrogen) atoms. The lowest BCUT2D eigenvalue weighted by molar-refractivity contribution is -0.144. The molecule has 0 bridgehead atoms. The Morgan fingerprint density at radius 1 is 0.821 bits per heavy atom. The molecule has 0 aliphatic heterocycles. The lowest BCUT2D eigenvalue weighted by Crippen LogP contribution is -2.36. The van der Waals surface area contributed by atoms with Crippen LogP contribution in [0.15, 0.2) is 0 Å². The van der Waals surface area contributed by atoms with Crippen molar-refractivity contribution in [3.63, 3.8) is 0 Å². The van der Waals surface area contributed by atoms with Gasteiger partial charge in [0, 0.05) is 6.42 Å². The largest absolute Gasteiger partial charge is 0.481 e. The van der Waals surface area contributed by atoms with Crippen molar-refractivity contribution in [2.45, 2.75) is 57.7 Å². The molecule has 12 N–H and O–H groups in total. The van der Waals surface area contributed by atoms with Gasteiger partial charge in [-0.05, 0) is 12.3 Å². The van der Waals surface area contributed by atoms with Crippen LogP contribution in [0.4, 0.5) is 0 Å². The summed E-state index contributed by atoms with van der Waals surface area (Å²) in [6.07, 6.45) is 0.404. The number of aliphatic carboxylic acids is 4. The number of primary amides is 1. The van der Waals surface area contributed by atoms with Crippen LogP contribution in [0.25, 0.3) is 0 Å². The van der Waals surface area contributed by atoms with E-state index < -0.39 is 54.3 Å². The summed E-state index contributed by atoms with van der Waals surface area (Å²) in [5.41, 5.74) is 19.9. The molecule has 0 fully saturated rings. The Bertz CT molecular complexity index is 528. The standard InChI is InChI=1S/C6H13NO2.C5H10N2O3.C4H7NO4/c1-3-4(2)5(7)6(8)9;6-3(5(9)10)1-2-4(7)8;5-2(4(8)9)1-3(6)7/h4-5H,3,7H2,1-2H3,(H,8,9);3H,1-2,6H2,(H2,7,8)(H,9,10);2H,1,5H2,(H,6,7)(H,8,9)/t4-,5-;3-;2-/m000/s1. The molecule has 0 aliphatic carbocycles. The lowest BCUT2D eigenvalue weighted by atomic mass is 10.0. The zero-order valence-electron chi connectivity index (χ0n) is 15.8. The molecule has 0 aromatic heterocycles. The summed E-state index contributed by atoms with van der Waals surface area (Å²) in [4.78, 5) is 49.9. The summed E-state index contributed by atoms with van der Waals surface area (Å²) in [5.74, 6) is -4.98. The number of hydrogen-bond donors (Lipinski definition) is 8. The zero-order chi connectivity index (χ0) is 23.0. The number of carboxylic acid groups (broad SMARTS) is 4. The first-order valence-corrected chi connectivity index (χ1v) is 8.12. The molecule has 0 aromatic rings. The predicted octanol–water partition coefficient (Wildman–Crippen LogP) is -2.02. The summed E-state index contributed by atoms with van der Waals surface area (Å²) in [6, 6.07) is -2.97. The molecule has 4 atom stereocenters. The van der Waals surface area contributed by atoms with E-state index in [4.69, 9.17) is 43.4 Å². The number of nitrogens with two attached hydrogens (primary N) is 4. The number of hydrogen-bond acceptors (Lipinski definition) is 8. The minimum atomic E-state index is -1.29. The number of carbonyl (C=O) groups is 5. The van der Waals surface area contributed by atoms with Crippen molar-refractivity contribution >= 4 is 29.8 Å². The van der Waals surface area contributed by atoms with E-state index in [1.165, 1.54) is 0 Å². The van der Waals surface area contributed by atoms with E-state index in [2.05, 4.69) is 0 Å². The molecule has 0 radical (unpaired) electrons. The molecule has 13 heteroatoms. The quantitative estimate of drug-likeness (QED) is 0.194. The SMILES string of the molecule is CC[C@H](C)[C@H](N)C(=O)O.NC(=O)CC[C@H](N)C(=O)O.N[C@@H](CC(=O)O)C(=O)O. The Hall–Kier alpha value is -2.77. The first-order chi connectivity index (χ1) is 12.7. The average molecular weight is 410 g/mol. The van der Waals surface area contributed by atoms with Gasteiger partial charge in [0.15, 0.2) is 0 Å². The maximum absolute atomic E-state index is 10.2. The molecule has 0 heterocycles. The van der Waals surface area contributed by atoms with E-state index in [-0.39, 0.29) is 18.8 Å². The highest BCUT2D eigenvalue weighted by molar-refractivity contribution is 5.80. The molecule has 13 nitrogen and oxygen atoms in total. The van der Waals surface area contributed by atoms with Gasteiger partial charge in [-0.2, -0.15) is 0 Å². The Morgan fingerprint density at radius 3 is 1.43 bits per heavy atom. The topological polar surface area (TPSA) is 270 Å². The molecule has 0 spiro atoms. The van der Waals surface area contributed by atoms with Crippen molar-refractivity contribution in [2.75, 3.05) is 0 Å². The van der Waals surface area contributed by atoms with Crippen molar-refractivity contribution in [3.8, 4) is 0 Å². The Labute approximate surface area is 161 Å². The second-order valence-corrected chi connectivity index (χ2v) is 5.74. The predicted molar refractivity (Wildman–Crippen MR) is 97.0 cm³/mol. The van der Waals surface area contributed by atoms with Gasteiger partial charge in [0.25, 0.3) is 0 Å². The van der Waals surface area contributed by atoms with Gasteiger partial charge in [0.2, 0.25) is 5.91 Å². The summed E-state index contributed by atoms with van der Waals surface area (Å²) in [7, 11) is 0. The van der Waals surface area contributed by atoms with Gasteiger partial charge in [0.05, 0.1) is 6.42 Å². The van der Waals surface area contributed by atoms with Crippen LogP contribution < -0.4 is 22.9 Å². The Kier molecular flexibility index (Phi) is 17.6. The highest BCUT2D eigenvalue weighted by Crippen LogP contribution is 2.04. The van der Waals surface area contributed by atoms with Crippen LogP contribution in [-0.4, -0.2) is 68.3 Å². The van der Waals surface area contributed by atoms with Crippen LogP contribution in [0, 0.1) is 5.92 Å². The minimum Gasteiger partial charge on any atom is -0.481 e. The lowest BCUT2D eigenvalue weighted by Gasteiger charge is -2.11. The molecule has 164 valence electrons. The van der Waals surface area contributed by atoms with E-state index in [1.807, 2.05) is 13.8 Å². The third kappa shape index (κ3) is 19.6. The fourth-order valence-electron chi connectivity index (χ4n) is 1.19. The van der Waals surface area contributed by atoms with Crippen molar-refractivity contribution < 1.29 is 44.4 Å². The van der Waals surface area contributed by atoms with Crippen LogP contribution in [0.5, 0.6) is 0 Å². The molecule has 0 saturated heterocycles. The van der Waals surface area contributed by atoms with E-state index in [0.29, 0.717) is 0 Å². The fourth-order valence-corrected chi connectivity index (χ4v) is 1.19. The van der Waals surface area contributed by atoms with Crippen LogP contribution in [0.3, 0.4) is 0 Å². The third-order valence-electron chi connectivity index (χ3n) is 3.27. The third-order valence-corrected chi connectivity index (χ3v) is 3.27. The van der Waals surface area contributed by atoms with Gasteiger partial charge in [-0.3, -0.25) is 24.0 Å². The molecule has 0 saturated carbocycles. The normalized spacial score (nSPS) is 13.9. The van der Waals surface area contributed by atoms with Gasteiger partial charge in [-0.25, -0.2) is 0 Å². The van der Waals surface area contributed by atoms with E-state index in [0.717, 1.165) is 6.42 Å². The van der Waals surface area contributed by atoms with Gasteiger partial charge >= 0.3 is 23.9 Å². The number of amides is 1. The second kappa shape index (κ2) is 16.4. The van der Waals surface area contributed by atoms with Crippen LogP contribution >= 0.6 is 0 Å². The van der Waals surface area contributed by atoms with Crippen LogP contribution in [-0.2, 0) is 24.0 Å². The first-order valence-electron chi connectivity index (χ1n) is 8.12. The zero-order valence-corrected chi connectivity index (χ0v) is 15.8. The maximum Gasteiger partial charge on any atom is 0.321 e.